The molecule has 90 valence electrons. The van der Waals surface area contributed by atoms with Crippen molar-refractivity contribution in [3.05, 3.63) is 0 Å². The summed E-state index contributed by atoms with van der Waals surface area (Å²) in [7, 11) is 0. The smallest absolute Gasteiger partial charge is 0.395 e. The van der Waals surface area contributed by atoms with Crippen molar-refractivity contribution < 1.29 is 23.4 Å². The molecule has 0 radical (unpaired) electrons. The van der Waals surface area contributed by atoms with Gasteiger partial charge in [-0.1, -0.05) is 6.42 Å². The Bertz CT molecular complexity index is 198. The molecule has 1 heterocycles. The van der Waals surface area contributed by atoms with E-state index < -0.39 is 18.8 Å². The van der Waals surface area contributed by atoms with Crippen molar-refractivity contribution in [2.24, 2.45) is 0 Å². The Morgan fingerprint density at radius 3 is 2.53 bits per heavy atom. The van der Waals surface area contributed by atoms with E-state index in [1.54, 1.807) is 0 Å². The quantitative estimate of drug-likeness (QED) is 0.748. The van der Waals surface area contributed by atoms with Crippen molar-refractivity contribution in [2.75, 3.05) is 19.7 Å². The fourth-order valence-electron chi connectivity index (χ4n) is 1.83. The molecule has 0 unspecified atom stereocenters. The van der Waals surface area contributed by atoms with Crippen LogP contribution in [-0.2, 0) is 0 Å². The number of hydrogen-bond acceptors (Lipinski definition) is 3. The number of aliphatic hydroxyl groups is 2. The Kier molecular flexibility index (Phi) is 4.36. The maximum absolute atomic E-state index is 12.1. The van der Waals surface area contributed by atoms with Crippen LogP contribution in [0.15, 0.2) is 0 Å². The van der Waals surface area contributed by atoms with Gasteiger partial charge in [0.2, 0.25) is 0 Å². The second-order valence-electron chi connectivity index (χ2n) is 3.88. The van der Waals surface area contributed by atoms with Crippen LogP contribution < -0.4 is 0 Å². The van der Waals surface area contributed by atoms with E-state index >= 15 is 0 Å². The Labute approximate surface area is 86.5 Å². The molecule has 0 aromatic heterocycles. The van der Waals surface area contributed by atoms with Crippen LogP contribution in [-0.4, -0.2) is 53.1 Å². The van der Waals surface area contributed by atoms with Crippen LogP contribution in [0.5, 0.6) is 0 Å². The minimum absolute atomic E-state index is 0.148. The van der Waals surface area contributed by atoms with Gasteiger partial charge in [-0.15, -0.1) is 0 Å². The van der Waals surface area contributed by atoms with Crippen molar-refractivity contribution in [3.63, 3.8) is 0 Å². The van der Waals surface area contributed by atoms with E-state index in [-0.39, 0.29) is 12.6 Å². The number of aliphatic hydroxyl groups excluding tert-OH is 2. The highest BCUT2D eigenvalue weighted by Crippen LogP contribution is 2.23. The molecule has 1 fully saturated rings. The average molecular weight is 227 g/mol. The largest absolute Gasteiger partial charge is 0.415 e. The number of nitrogens with zero attached hydrogens (tertiary/aromatic N) is 1. The van der Waals surface area contributed by atoms with Gasteiger partial charge in [-0.05, 0) is 19.4 Å². The van der Waals surface area contributed by atoms with Crippen molar-refractivity contribution in [2.45, 2.75) is 37.6 Å². The molecule has 1 rings (SSSR count). The summed E-state index contributed by atoms with van der Waals surface area (Å²) in [6, 6.07) is -0.240. The first-order chi connectivity index (χ1) is 6.95. The van der Waals surface area contributed by atoms with Gasteiger partial charge in [0, 0.05) is 12.6 Å². The molecular formula is C9H16F3NO2. The van der Waals surface area contributed by atoms with E-state index in [0.717, 1.165) is 12.8 Å². The fourth-order valence-corrected chi connectivity index (χ4v) is 1.83. The molecular weight excluding hydrogens is 211 g/mol. The summed E-state index contributed by atoms with van der Waals surface area (Å²) in [6.45, 7) is -0.0718. The summed E-state index contributed by atoms with van der Waals surface area (Å²) in [4.78, 5) is 1.52. The molecule has 0 aromatic rings. The minimum Gasteiger partial charge on any atom is -0.395 e. The number of piperidine rings is 1. The lowest BCUT2D eigenvalue weighted by Crippen LogP contribution is -2.48. The third-order valence-corrected chi connectivity index (χ3v) is 2.75. The number of halogens is 3. The monoisotopic (exact) mass is 227 g/mol. The normalized spacial score (nSPS) is 26.6. The first-order valence-corrected chi connectivity index (χ1v) is 5.05. The van der Waals surface area contributed by atoms with Gasteiger partial charge in [0.15, 0.2) is 6.10 Å². The Balaban J connectivity index is 2.48. The minimum atomic E-state index is -4.57. The lowest BCUT2D eigenvalue weighted by atomic mass is 10.0. The van der Waals surface area contributed by atoms with Crippen LogP contribution >= 0.6 is 0 Å². The number of β-amino-alcohol motifs (C(OH)–C–C–N with tert-alkyl or cyclic N) is 1. The van der Waals surface area contributed by atoms with E-state index in [0.29, 0.717) is 13.0 Å². The highest BCUT2D eigenvalue weighted by molar-refractivity contribution is 4.80. The Morgan fingerprint density at radius 1 is 1.33 bits per heavy atom. The summed E-state index contributed by atoms with van der Waals surface area (Å²) >= 11 is 0. The third-order valence-electron chi connectivity index (χ3n) is 2.75. The second kappa shape index (κ2) is 5.14. The van der Waals surface area contributed by atoms with E-state index in [1.807, 2.05) is 0 Å². The molecule has 0 amide bonds. The fraction of sp³-hybridized carbons (Fsp3) is 1.00. The number of hydrogen-bond donors (Lipinski definition) is 2. The zero-order chi connectivity index (χ0) is 11.5. The third kappa shape index (κ3) is 3.62. The molecule has 6 heteroatoms. The van der Waals surface area contributed by atoms with Crippen LogP contribution in [0.25, 0.3) is 0 Å². The van der Waals surface area contributed by atoms with Crippen molar-refractivity contribution in [1.29, 1.82) is 0 Å². The summed E-state index contributed by atoms with van der Waals surface area (Å²) in [5, 5.41) is 17.9. The van der Waals surface area contributed by atoms with Gasteiger partial charge in [0.05, 0.1) is 6.61 Å². The molecule has 0 bridgehead atoms. The molecule has 1 saturated heterocycles. The Hall–Kier alpha value is -0.330. The average Bonchev–Trinajstić information content (AvgIpc) is 2.17. The zero-order valence-corrected chi connectivity index (χ0v) is 8.37. The van der Waals surface area contributed by atoms with Gasteiger partial charge in [0.1, 0.15) is 0 Å². The SMILES string of the molecule is OC[C@@H]1CCCCN1C[C@H](O)C(F)(F)F. The maximum Gasteiger partial charge on any atom is 0.415 e. The van der Waals surface area contributed by atoms with Crippen LogP contribution in [0.3, 0.4) is 0 Å². The molecule has 2 N–H and O–H groups in total. The molecule has 1 aliphatic heterocycles. The standard InChI is InChI=1S/C9H16F3NO2/c10-9(11,12)8(15)5-13-4-2-1-3-7(13)6-14/h7-8,14-15H,1-6H2/t7-,8-/m0/s1. The maximum atomic E-state index is 12.1. The van der Waals surface area contributed by atoms with Crippen molar-refractivity contribution >= 4 is 0 Å². The van der Waals surface area contributed by atoms with E-state index in [2.05, 4.69) is 0 Å². The summed E-state index contributed by atoms with van der Waals surface area (Å²) in [5.74, 6) is 0. The second-order valence-corrected chi connectivity index (χ2v) is 3.88. The molecule has 3 nitrogen and oxygen atoms in total. The van der Waals surface area contributed by atoms with Crippen molar-refractivity contribution in [1.82, 2.24) is 4.90 Å². The van der Waals surface area contributed by atoms with Gasteiger partial charge in [-0.2, -0.15) is 13.2 Å². The predicted octanol–water partition coefficient (Wildman–Crippen LogP) is 0.756. The summed E-state index contributed by atoms with van der Waals surface area (Å²) < 4.78 is 36.3. The van der Waals surface area contributed by atoms with Gasteiger partial charge in [0.25, 0.3) is 0 Å². The lowest BCUT2D eigenvalue weighted by Gasteiger charge is -2.36. The molecule has 0 aromatic carbocycles. The van der Waals surface area contributed by atoms with Crippen LogP contribution in [0.4, 0.5) is 13.2 Å². The number of rotatable bonds is 3. The van der Waals surface area contributed by atoms with Crippen LogP contribution in [0, 0.1) is 0 Å². The summed E-state index contributed by atoms with van der Waals surface area (Å²) in [6.07, 6.45) is -4.45. The molecule has 0 saturated carbocycles. The summed E-state index contributed by atoms with van der Waals surface area (Å²) in [5.41, 5.74) is 0. The van der Waals surface area contributed by atoms with Gasteiger partial charge >= 0.3 is 6.18 Å². The first kappa shape index (κ1) is 12.7. The number of alkyl halides is 3. The van der Waals surface area contributed by atoms with Gasteiger partial charge < -0.3 is 10.2 Å². The van der Waals surface area contributed by atoms with E-state index in [1.165, 1.54) is 4.90 Å². The highest BCUT2D eigenvalue weighted by Gasteiger charge is 2.40. The molecule has 0 spiro atoms. The van der Waals surface area contributed by atoms with Gasteiger partial charge in [-0.25, -0.2) is 0 Å². The molecule has 15 heavy (non-hydrogen) atoms. The lowest BCUT2D eigenvalue weighted by molar-refractivity contribution is -0.210. The van der Waals surface area contributed by atoms with Crippen LogP contribution in [0.2, 0.25) is 0 Å². The van der Waals surface area contributed by atoms with E-state index in [4.69, 9.17) is 10.2 Å². The van der Waals surface area contributed by atoms with Crippen LogP contribution in [0.1, 0.15) is 19.3 Å². The zero-order valence-electron chi connectivity index (χ0n) is 8.37. The topological polar surface area (TPSA) is 43.7 Å². The predicted molar refractivity (Wildman–Crippen MR) is 48.4 cm³/mol. The molecule has 1 aliphatic rings. The highest BCUT2D eigenvalue weighted by atomic mass is 19.4. The number of likely N-dealkylation sites (tertiary alicyclic amines) is 1. The molecule has 2 atom stereocenters. The van der Waals surface area contributed by atoms with E-state index in [9.17, 15) is 13.2 Å². The molecule has 0 aliphatic carbocycles. The first-order valence-electron chi connectivity index (χ1n) is 5.05. The van der Waals surface area contributed by atoms with Gasteiger partial charge in [-0.3, -0.25) is 4.90 Å². The Morgan fingerprint density at radius 2 is 2.00 bits per heavy atom. The van der Waals surface area contributed by atoms with Crippen molar-refractivity contribution in [3.8, 4) is 0 Å².